The normalized spacial score (nSPS) is 21.2. The summed E-state index contributed by atoms with van der Waals surface area (Å²) < 4.78 is 0. The van der Waals surface area contributed by atoms with E-state index in [0.29, 0.717) is 6.67 Å². The lowest BCUT2D eigenvalue weighted by Crippen LogP contribution is -2.46. The van der Waals surface area contributed by atoms with E-state index in [1.165, 1.54) is 11.1 Å². The number of amides is 1. The first-order valence-corrected chi connectivity index (χ1v) is 5.95. The van der Waals surface area contributed by atoms with E-state index in [1.54, 1.807) is 0 Å². The summed E-state index contributed by atoms with van der Waals surface area (Å²) in [6.45, 7) is 4.78. The molecule has 0 unspecified atom stereocenters. The van der Waals surface area contributed by atoms with Gasteiger partial charge in [-0.15, -0.1) is 0 Å². The molecule has 3 heteroatoms. The van der Waals surface area contributed by atoms with E-state index in [1.807, 2.05) is 6.07 Å². The van der Waals surface area contributed by atoms with Gasteiger partial charge in [0.15, 0.2) is 0 Å². The average Bonchev–Trinajstić information content (AvgIpc) is 2.28. The molecular weight excluding hydrogens is 212 g/mol. The van der Waals surface area contributed by atoms with Crippen molar-refractivity contribution in [1.29, 1.82) is 0 Å². The van der Waals surface area contributed by atoms with Gasteiger partial charge in [-0.3, -0.25) is 4.79 Å². The number of benzene rings is 1. The highest BCUT2D eigenvalue weighted by Crippen LogP contribution is 2.42. The largest absolute Gasteiger partial charge is 0.367 e. The van der Waals surface area contributed by atoms with Gasteiger partial charge in [-0.05, 0) is 12.0 Å². The molecule has 3 nitrogen and oxygen atoms in total. The van der Waals surface area contributed by atoms with Crippen molar-refractivity contribution in [1.82, 2.24) is 10.6 Å². The summed E-state index contributed by atoms with van der Waals surface area (Å²) in [5.41, 5.74) is 4.29. The van der Waals surface area contributed by atoms with Crippen LogP contribution in [0.2, 0.25) is 0 Å². The van der Waals surface area contributed by atoms with Gasteiger partial charge >= 0.3 is 0 Å². The number of fused-ring (bicyclic) bond motifs is 2. The topological polar surface area (TPSA) is 41.1 Å². The van der Waals surface area contributed by atoms with Gasteiger partial charge in [0.05, 0.1) is 12.4 Å². The van der Waals surface area contributed by atoms with E-state index >= 15 is 0 Å². The molecule has 0 saturated heterocycles. The maximum atomic E-state index is 12.0. The minimum atomic E-state index is -0.110. The Morgan fingerprint density at radius 2 is 1.94 bits per heavy atom. The number of nitrogens with one attached hydrogen (secondary N) is 2. The minimum Gasteiger partial charge on any atom is -0.367 e. The fraction of sp³-hybridized carbons (Fsp3) is 0.357. The van der Waals surface area contributed by atoms with Crippen LogP contribution >= 0.6 is 0 Å². The van der Waals surface area contributed by atoms with Crippen LogP contribution in [0.4, 0.5) is 0 Å². The van der Waals surface area contributed by atoms with Crippen LogP contribution in [-0.2, 0) is 11.2 Å². The molecule has 17 heavy (non-hydrogen) atoms. The minimum absolute atomic E-state index is 0.0678. The van der Waals surface area contributed by atoms with E-state index in [0.717, 1.165) is 17.7 Å². The second-order valence-electron chi connectivity index (χ2n) is 5.33. The van der Waals surface area contributed by atoms with Gasteiger partial charge in [0.2, 0.25) is 0 Å². The van der Waals surface area contributed by atoms with Gasteiger partial charge in [0, 0.05) is 16.6 Å². The molecule has 0 radical (unpaired) electrons. The number of hydrogen-bond acceptors (Lipinski definition) is 2. The Balaban J connectivity index is 2.27. The van der Waals surface area contributed by atoms with Crippen LogP contribution in [-0.4, -0.2) is 12.6 Å². The summed E-state index contributed by atoms with van der Waals surface area (Å²) in [6.07, 6.45) is 0.914. The predicted octanol–water partition coefficient (Wildman–Crippen LogP) is 1.66. The molecule has 0 atom stereocenters. The van der Waals surface area contributed by atoms with E-state index in [-0.39, 0.29) is 11.3 Å². The van der Waals surface area contributed by atoms with Gasteiger partial charge in [-0.1, -0.05) is 38.1 Å². The highest BCUT2D eigenvalue weighted by molar-refractivity contribution is 6.04. The molecule has 3 rings (SSSR count). The predicted molar refractivity (Wildman–Crippen MR) is 67.0 cm³/mol. The van der Waals surface area contributed by atoms with Crippen molar-refractivity contribution in [3.63, 3.8) is 0 Å². The third-order valence-electron chi connectivity index (χ3n) is 3.59. The Bertz CT molecular complexity index is 529. The molecule has 1 aliphatic carbocycles. The molecule has 2 N–H and O–H groups in total. The van der Waals surface area contributed by atoms with E-state index < -0.39 is 0 Å². The molecule has 2 aliphatic rings. The van der Waals surface area contributed by atoms with E-state index in [2.05, 4.69) is 42.7 Å². The van der Waals surface area contributed by atoms with Crippen LogP contribution in [0.5, 0.6) is 0 Å². The maximum Gasteiger partial charge on any atom is 0.251 e. The number of carbonyl (C=O) groups excluding carboxylic acids is 1. The highest BCUT2D eigenvalue weighted by Gasteiger charge is 2.38. The average molecular weight is 228 g/mol. The van der Waals surface area contributed by atoms with Crippen LogP contribution in [0.1, 0.15) is 25.0 Å². The molecular formula is C14H16N2O. The Morgan fingerprint density at radius 1 is 1.18 bits per heavy atom. The molecule has 1 aromatic rings. The van der Waals surface area contributed by atoms with Crippen molar-refractivity contribution >= 4 is 11.6 Å². The molecule has 0 bridgehead atoms. The van der Waals surface area contributed by atoms with Gasteiger partial charge in [0.1, 0.15) is 0 Å². The zero-order chi connectivity index (χ0) is 12.0. The number of rotatable bonds is 0. The fourth-order valence-corrected chi connectivity index (χ4v) is 2.86. The first kappa shape index (κ1) is 10.4. The third-order valence-corrected chi connectivity index (χ3v) is 3.59. The Labute approximate surface area is 101 Å². The van der Waals surface area contributed by atoms with Crippen molar-refractivity contribution in [3.8, 4) is 0 Å². The SMILES string of the molecule is CC1(C)Cc2ccccc2C2=C1C(=O)NCN2. The summed E-state index contributed by atoms with van der Waals surface area (Å²) in [6, 6.07) is 8.32. The molecule has 1 aromatic carbocycles. The Kier molecular flexibility index (Phi) is 2.05. The van der Waals surface area contributed by atoms with E-state index in [9.17, 15) is 4.79 Å². The Morgan fingerprint density at radius 3 is 2.76 bits per heavy atom. The second kappa shape index (κ2) is 3.36. The van der Waals surface area contributed by atoms with Crippen LogP contribution in [0, 0.1) is 5.41 Å². The number of hydrogen-bond donors (Lipinski definition) is 2. The zero-order valence-corrected chi connectivity index (χ0v) is 10.1. The first-order valence-electron chi connectivity index (χ1n) is 5.95. The van der Waals surface area contributed by atoms with Crippen molar-refractivity contribution in [2.45, 2.75) is 20.3 Å². The lowest BCUT2D eigenvalue weighted by atomic mass is 9.71. The van der Waals surface area contributed by atoms with Gasteiger partial charge in [0.25, 0.3) is 5.91 Å². The standard InChI is InChI=1S/C14H16N2O/c1-14(2)7-9-5-3-4-6-10(9)12-11(14)13(17)16-8-15-12/h3-6,15H,7-8H2,1-2H3,(H,16,17). The van der Waals surface area contributed by atoms with Crippen LogP contribution in [0.3, 0.4) is 0 Å². The Hall–Kier alpha value is -1.77. The quantitative estimate of drug-likeness (QED) is 0.709. The monoisotopic (exact) mass is 228 g/mol. The number of carbonyl (C=O) groups is 1. The summed E-state index contributed by atoms with van der Waals surface area (Å²) in [5, 5.41) is 6.17. The second-order valence-corrected chi connectivity index (χ2v) is 5.33. The van der Waals surface area contributed by atoms with Crippen molar-refractivity contribution in [2.24, 2.45) is 5.41 Å². The maximum absolute atomic E-state index is 12.0. The smallest absolute Gasteiger partial charge is 0.251 e. The van der Waals surface area contributed by atoms with Crippen LogP contribution in [0.25, 0.3) is 5.70 Å². The van der Waals surface area contributed by atoms with Crippen molar-refractivity contribution < 1.29 is 4.79 Å². The summed E-state index contributed by atoms with van der Waals surface area (Å²) >= 11 is 0. The molecule has 1 heterocycles. The summed E-state index contributed by atoms with van der Waals surface area (Å²) in [4.78, 5) is 12.0. The van der Waals surface area contributed by atoms with Crippen LogP contribution < -0.4 is 10.6 Å². The fourth-order valence-electron chi connectivity index (χ4n) is 2.86. The summed E-state index contributed by atoms with van der Waals surface area (Å²) in [5.74, 6) is 0.0678. The van der Waals surface area contributed by atoms with Crippen molar-refractivity contribution in [3.05, 3.63) is 41.0 Å². The van der Waals surface area contributed by atoms with Crippen LogP contribution in [0.15, 0.2) is 29.8 Å². The molecule has 0 spiro atoms. The molecule has 0 saturated carbocycles. The summed E-state index contributed by atoms with van der Waals surface area (Å²) in [7, 11) is 0. The molecule has 0 fully saturated rings. The molecule has 0 aromatic heterocycles. The first-order chi connectivity index (χ1) is 8.09. The van der Waals surface area contributed by atoms with Gasteiger partial charge < -0.3 is 10.6 Å². The van der Waals surface area contributed by atoms with Gasteiger partial charge in [-0.2, -0.15) is 0 Å². The van der Waals surface area contributed by atoms with E-state index in [4.69, 9.17) is 0 Å². The highest BCUT2D eigenvalue weighted by atomic mass is 16.2. The zero-order valence-electron chi connectivity index (χ0n) is 10.1. The van der Waals surface area contributed by atoms with Gasteiger partial charge in [-0.25, -0.2) is 0 Å². The van der Waals surface area contributed by atoms with Crippen molar-refractivity contribution in [2.75, 3.05) is 6.67 Å². The lowest BCUT2D eigenvalue weighted by Gasteiger charge is -2.38. The molecule has 88 valence electrons. The lowest BCUT2D eigenvalue weighted by molar-refractivity contribution is -0.118. The third kappa shape index (κ3) is 1.46. The molecule has 1 aliphatic heterocycles. The molecule has 1 amide bonds.